The average molecular weight is 255 g/mol. The zero-order valence-electron chi connectivity index (χ0n) is 9.95. The van der Waals surface area contributed by atoms with Crippen molar-refractivity contribution in [1.29, 1.82) is 0 Å². The molecular formula is C11H17N3O2S. The van der Waals surface area contributed by atoms with E-state index >= 15 is 0 Å². The molecule has 6 heteroatoms. The van der Waals surface area contributed by atoms with Gasteiger partial charge in [-0.25, -0.2) is 0 Å². The molecule has 0 saturated carbocycles. The SMILES string of the molecule is CCCNC(=O)C(C)NC(=O)c1sccc1N. The van der Waals surface area contributed by atoms with Crippen LogP contribution >= 0.6 is 11.3 Å². The van der Waals surface area contributed by atoms with Crippen LogP contribution in [-0.2, 0) is 4.79 Å². The maximum absolute atomic E-state index is 11.8. The summed E-state index contributed by atoms with van der Waals surface area (Å²) in [5.41, 5.74) is 6.06. The molecule has 0 fully saturated rings. The van der Waals surface area contributed by atoms with Crippen molar-refractivity contribution in [3.63, 3.8) is 0 Å². The van der Waals surface area contributed by atoms with E-state index in [2.05, 4.69) is 10.6 Å². The predicted molar refractivity (Wildman–Crippen MR) is 69.0 cm³/mol. The van der Waals surface area contributed by atoms with Crippen molar-refractivity contribution in [2.45, 2.75) is 26.3 Å². The van der Waals surface area contributed by atoms with Crippen molar-refractivity contribution in [3.8, 4) is 0 Å². The number of nitrogens with one attached hydrogen (secondary N) is 2. The zero-order valence-corrected chi connectivity index (χ0v) is 10.8. The summed E-state index contributed by atoms with van der Waals surface area (Å²) in [5.74, 6) is -0.494. The van der Waals surface area contributed by atoms with E-state index in [0.29, 0.717) is 17.1 Å². The molecule has 94 valence electrons. The van der Waals surface area contributed by atoms with Gasteiger partial charge in [0.25, 0.3) is 5.91 Å². The molecule has 0 radical (unpaired) electrons. The lowest BCUT2D eigenvalue weighted by molar-refractivity contribution is -0.122. The summed E-state index contributed by atoms with van der Waals surface area (Å²) in [4.78, 5) is 23.7. The van der Waals surface area contributed by atoms with E-state index in [-0.39, 0.29) is 11.8 Å². The number of hydrogen-bond donors (Lipinski definition) is 3. The standard InChI is InChI=1S/C11H17N3O2S/c1-3-5-13-10(15)7(2)14-11(16)9-8(12)4-6-17-9/h4,6-7H,3,5,12H2,1-2H3,(H,13,15)(H,14,16). The molecule has 0 spiro atoms. The lowest BCUT2D eigenvalue weighted by Crippen LogP contribution is -2.44. The summed E-state index contributed by atoms with van der Waals surface area (Å²) in [6, 6.07) is 1.11. The van der Waals surface area contributed by atoms with Gasteiger partial charge in [-0.05, 0) is 24.8 Å². The molecule has 2 amide bonds. The number of rotatable bonds is 5. The zero-order chi connectivity index (χ0) is 12.8. The van der Waals surface area contributed by atoms with Gasteiger partial charge in [-0.2, -0.15) is 0 Å². The summed E-state index contributed by atoms with van der Waals surface area (Å²) < 4.78 is 0. The van der Waals surface area contributed by atoms with Crippen molar-refractivity contribution in [2.75, 3.05) is 12.3 Å². The lowest BCUT2D eigenvalue weighted by atomic mass is 10.3. The highest BCUT2D eigenvalue weighted by atomic mass is 32.1. The van der Waals surface area contributed by atoms with Gasteiger partial charge < -0.3 is 16.4 Å². The number of nitrogens with two attached hydrogens (primary N) is 1. The smallest absolute Gasteiger partial charge is 0.264 e. The molecule has 0 aliphatic carbocycles. The molecule has 1 aromatic rings. The number of carbonyl (C=O) groups is 2. The van der Waals surface area contributed by atoms with Crippen molar-refractivity contribution < 1.29 is 9.59 Å². The highest BCUT2D eigenvalue weighted by Crippen LogP contribution is 2.18. The predicted octanol–water partition coefficient (Wildman–Crippen LogP) is 0.975. The molecule has 1 aromatic heterocycles. The first-order valence-corrected chi connectivity index (χ1v) is 6.35. The first kappa shape index (κ1) is 13.5. The Morgan fingerprint density at radius 3 is 2.76 bits per heavy atom. The van der Waals surface area contributed by atoms with Crippen LogP contribution in [0.15, 0.2) is 11.4 Å². The summed E-state index contributed by atoms with van der Waals surface area (Å²) in [6.45, 7) is 4.22. The topological polar surface area (TPSA) is 84.2 Å². The van der Waals surface area contributed by atoms with Gasteiger partial charge in [0.15, 0.2) is 0 Å². The second-order valence-electron chi connectivity index (χ2n) is 3.69. The lowest BCUT2D eigenvalue weighted by Gasteiger charge is -2.13. The molecule has 5 nitrogen and oxygen atoms in total. The van der Waals surface area contributed by atoms with Gasteiger partial charge in [0.1, 0.15) is 10.9 Å². The second kappa shape index (κ2) is 6.24. The number of thiophene rings is 1. The Morgan fingerprint density at radius 1 is 1.53 bits per heavy atom. The van der Waals surface area contributed by atoms with E-state index in [9.17, 15) is 9.59 Å². The Kier molecular flexibility index (Phi) is 4.96. The van der Waals surface area contributed by atoms with Gasteiger partial charge in [-0.15, -0.1) is 11.3 Å². The molecular weight excluding hydrogens is 238 g/mol. The van der Waals surface area contributed by atoms with Crippen LogP contribution in [0.1, 0.15) is 29.9 Å². The van der Waals surface area contributed by atoms with E-state index in [1.54, 1.807) is 18.4 Å². The minimum atomic E-state index is -0.560. The average Bonchev–Trinajstić information content (AvgIpc) is 2.72. The molecule has 0 bridgehead atoms. The largest absolute Gasteiger partial charge is 0.397 e. The molecule has 1 unspecified atom stereocenters. The molecule has 0 aliphatic rings. The molecule has 1 rings (SSSR count). The Labute approximate surface area is 104 Å². The highest BCUT2D eigenvalue weighted by Gasteiger charge is 2.18. The normalized spacial score (nSPS) is 11.9. The Balaban J connectivity index is 2.51. The Morgan fingerprint density at radius 2 is 2.24 bits per heavy atom. The minimum Gasteiger partial charge on any atom is -0.397 e. The van der Waals surface area contributed by atoms with Crippen LogP contribution in [0.3, 0.4) is 0 Å². The number of anilines is 1. The summed E-state index contributed by atoms with van der Waals surface area (Å²) in [6.07, 6.45) is 0.865. The fraction of sp³-hybridized carbons (Fsp3) is 0.455. The monoisotopic (exact) mass is 255 g/mol. The van der Waals surface area contributed by atoms with Crippen molar-refractivity contribution in [1.82, 2.24) is 10.6 Å². The molecule has 0 aromatic carbocycles. The quantitative estimate of drug-likeness (QED) is 0.733. The Hall–Kier alpha value is -1.56. The summed E-state index contributed by atoms with van der Waals surface area (Å²) in [5, 5.41) is 7.07. The van der Waals surface area contributed by atoms with Crippen molar-refractivity contribution >= 4 is 28.8 Å². The Bertz CT molecular complexity index is 403. The van der Waals surface area contributed by atoms with E-state index < -0.39 is 6.04 Å². The van der Waals surface area contributed by atoms with E-state index in [1.165, 1.54) is 11.3 Å². The van der Waals surface area contributed by atoms with Crippen LogP contribution in [0.2, 0.25) is 0 Å². The molecule has 17 heavy (non-hydrogen) atoms. The number of hydrogen-bond acceptors (Lipinski definition) is 4. The first-order chi connectivity index (χ1) is 8.06. The maximum atomic E-state index is 11.8. The van der Waals surface area contributed by atoms with Crippen molar-refractivity contribution in [3.05, 3.63) is 16.3 Å². The van der Waals surface area contributed by atoms with Gasteiger partial charge in [0.05, 0.1) is 5.69 Å². The van der Waals surface area contributed by atoms with Crippen LogP contribution < -0.4 is 16.4 Å². The van der Waals surface area contributed by atoms with Crippen molar-refractivity contribution in [2.24, 2.45) is 0 Å². The van der Waals surface area contributed by atoms with Gasteiger partial charge in [0.2, 0.25) is 5.91 Å². The number of amides is 2. The molecule has 1 heterocycles. The van der Waals surface area contributed by atoms with Crippen LogP contribution in [0.25, 0.3) is 0 Å². The van der Waals surface area contributed by atoms with Crippen LogP contribution in [-0.4, -0.2) is 24.4 Å². The van der Waals surface area contributed by atoms with E-state index in [1.807, 2.05) is 6.92 Å². The maximum Gasteiger partial charge on any atom is 0.264 e. The fourth-order valence-electron chi connectivity index (χ4n) is 1.23. The first-order valence-electron chi connectivity index (χ1n) is 5.47. The molecule has 4 N–H and O–H groups in total. The fourth-order valence-corrected chi connectivity index (χ4v) is 1.95. The third kappa shape index (κ3) is 3.74. The van der Waals surface area contributed by atoms with Gasteiger partial charge in [-0.3, -0.25) is 9.59 Å². The minimum absolute atomic E-state index is 0.185. The third-order valence-corrected chi connectivity index (χ3v) is 3.12. The molecule has 1 atom stereocenters. The number of carbonyl (C=O) groups excluding carboxylic acids is 2. The summed E-state index contributed by atoms with van der Waals surface area (Å²) in [7, 11) is 0. The highest BCUT2D eigenvalue weighted by molar-refractivity contribution is 7.12. The number of nitrogen functional groups attached to an aromatic ring is 1. The van der Waals surface area contributed by atoms with Crippen LogP contribution in [0, 0.1) is 0 Å². The van der Waals surface area contributed by atoms with E-state index in [0.717, 1.165) is 6.42 Å². The van der Waals surface area contributed by atoms with Gasteiger partial charge in [0, 0.05) is 6.54 Å². The third-order valence-electron chi connectivity index (χ3n) is 2.19. The summed E-state index contributed by atoms with van der Waals surface area (Å²) >= 11 is 1.26. The van der Waals surface area contributed by atoms with Crippen LogP contribution in [0.5, 0.6) is 0 Å². The molecule has 0 aliphatic heterocycles. The molecule has 0 saturated heterocycles. The van der Waals surface area contributed by atoms with E-state index in [4.69, 9.17) is 5.73 Å². The van der Waals surface area contributed by atoms with Gasteiger partial charge in [-0.1, -0.05) is 6.92 Å². The van der Waals surface area contributed by atoms with Gasteiger partial charge >= 0.3 is 0 Å². The van der Waals surface area contributed by atoms with Crippen LogP contribution in [0.4, 0.5) is 5.69 Å². The second-order valence-corrected chi connectivity index (χ2v) is 4.61.